The minimum Gasteiger partial charge on any atom is -0.508 e. The van der Waals surface area contributed by atoms with Crippen molar-refractivity contribution in [2.45, 2.75) is 12.5 Å². The highest BCUT2D eigenvalue weighted by atomic mass is 16.5. The van der Waals surface area contributed by atoms with Crippen LogP contribution in [-0.2, 0) is 6.42 Å². The van der Waals surface area contributed by atoms with Crippen molar-refractivity contribution >= 4 is 0 Å². The van der Waals surface area contributed by atoms with Crippen LogP contribution in [0.5, 0.6) is 5.75 Å². The van der Waals surface area contributed by atoms with Gasteiger partial charge in [-0.25, -0.2) is 0 Å². The van der Waals surface area contributed by atoms with Crippen molar-refractivity contribution < 1.29 is 9.63 Å². The van der Waals surface area contributed by atoms with E-state index in [1.54, 1.807) is 36.7 Å². The number of nitrogens with two attached hydrogens (primary N) is 1. The van der Waals surface area contributed by atoms with Crippen LogP contribution in [-0.4, -0.2) is 20.2 Å². The lowest BCUT2D eigenvalue weighted by atomic mass is 10.1. The quantitative estimate of drug-likeness (QED) is 0.760. The molecule has 3 rings (SSSR count). The number of phenols is 1. The molecule has 6 nitrogen and oxygen atoms in total. The van der Waals surface area contributed by atoms with Gasteiger partial charge in [0, 0.05) is 18.0 Å². The lowest BCUT2D eigenvalue weighted by Gasteiger charge is -2.06. The maximum absolute atomic E-state index is 9.26. The molecular weight excluding hydrogens is 268 g/mol. The molecule has 0 amide bonds. The molecule has 21 heavy (non-hydrogen) atoms. The minimum atomic E-state index is -0.391. The zero-order valence-electron chi connectivity index (χ0n) is 11.2. The highest BCUT2D eigenvalue weighted by Crippen LogP contribution is 2.20. The summed E-state index contributed by atoms with van der Waals surface area (Å²) in [5.41, 5.74) is 7.91. The summed E-state index contributed by atoms with van der Waals surface area (Å²) >= 11 is 0. The van der Waals surface area contributed by atoms with Crippen LogP contribution < -0.4 is 5.73 Å². The fourth-order valence-corrected chi connectivity index (χ4v) is 1.98. The predicted molar refractivity (Wildman–Crippen MR) is 76.3 cm³/mol. The SMILES string of the molecule is NC(Cc1ccc(O)cc1)c1nc(-c2ccncc2)no1. The molecule has 0 bridgehead atoms. The van der Waals surface area contributed by atoms with Gasteiger partial charge < -0.3 is 15.4 Å². The van der Waals surface area contributed by atoms with E-state index in [1.165, 1.54) is 0 Å². The summed E-state index contributed by atoms with van der Waals surface area (Å²) in [6.07, 6.45) is 3.89. The Bertz CT molecular complexity index is 710. The van der Waals surface area contributed by atoms with E-state index < -0.39 is 6.04 Å². The summed E-state index contributed by atoms with van der Waals surface area (Å²) in [7, 11) is 0. The Balaban J connectivity index is 1.75. The number of phenolic OH excluding ortho intramolecular Hbond substituents is 1. The maximum atomic E-state index is 9.26. The van der Waals surface area contributed by atoms with E-state index in [4.69, 9.17) is 10.3 Å². The molecule has 0 aliphatic heterocycles. The second-order valence-corrected chi connectivity index (χ2v) is 4.67. The van der Waals surface area contributed by atoms with Crippen molar-refractivity contribution in [1.29, 1.82) is 0 Å². The molecule has 6 heteroatoms. The number of rotatable bonds is 4. The van der Waals surface area contributed by atoms with Crippen molar-refractivity contribution in [2.24, 2.45) is 5.73 Å². The molecule has 2 heterocycles. The van der Waals surface area contributed by atoms with Gasteiger partial charge in [0.25, 0.3) is 0 Å². The number of hydrogen-bond donors (Lipinski definition) is 2. The monoisotopic (exact) mass is 282 g/mol. The van der Waals surface area contributed by atoms with Crippen LogP contribution in [0.3, 0.4) is 0 Å². The molecule has 1 aromatic carbocycles. The smallest absolute Gasteiger partial charge is 0.244 e. The third-order valence-corrected chi connectivity index (χ3v) is 3.09. The fourth-order valence-electron chi connectivity index (χ4n) is 1.98. The molecule has 3 aromatic rings. The lowest BCUT2D eigenvalue weighted by Crippen LogP contribution is -2.13. The topological polar surface area (TPSA) is 98.1 Å². The highest BCUT2D eigenvalue weighted by molar-refractivity contribution is 5.52. The molecule has 1 unspecified atom stereocenters. The van der Waals surface area contributed by atoms with Gasteiger partial charge in [0.15, 0.2) is 0 Å². The van der Waals surface area contributed by atoms with Crippen LogP contribution in [0.1, 0.15) is 17.5 Å². The molecule has 106 valence electrons. The van der Waals surface area contributed by atoms with Crippen molar-refractivity contribution in [3.05, 3.63) is 60.2 Å². The van der Waals surface area contributed by atoms with E-state index in [-0.39, 0.29) is 5.75 Å². The van der Waals surface area contributed by atoms with Crippen LogP contribution in [0.15, 0.2) is 53.3 Å². The third kappa shape index (κ3) is 3.06. The Labute approximate surface area is 121 Å². The molecule has 1 atom stereocenters. The third-order valence-electron chi connectivity index (χ3n) is 3.09. The van der Waals surface area contributed by atoms with Gasteiger partial charge >= 0.3 is 0 Å². The molecule has 0 radical (unpaired) electrons. The number of hydrogen-bond acceptors (Lipinski definition) is 6. The number of nitrogens with zero attached hydrogens (tertiary/aromatic N) is 3. The molecular formula is C15H14N4O2. The predicted octanol–water partition coefficient (Wildman–Crippen LogP) is 2.08. The fraction of sp³-hybridized carbons (Fsp3) is 0.133. The Kier molecular flexibility index (Phi) is 3.61. The second-order valence-electron chi connectivity index (χ2n) is 4.67. The second kappa shape index (κ2) is 5.72. The standard InChI is InChI=1S/C15H14N4O2/c16-13(9-10-1-3-12(20)4-2-10)15-18-14(19-21-15)11-5-7-17-8-6-11/h1-8,13,20H,9,16H2. The number of aromatic nitrogens is 3. The zero-order valence-corrected chi connectivity index (χ0v) is 11.2. The highest BCUT2D eigenvalue weighted by Gasteiger charge is 2.16. The first kappa shape index (κ1) is 13.3. The van der Waals surface area contributed by atoms with Gasteiger partial charge in [0.2, 0.25) is 11.7 Å². The summed E-state index contributed by atoms with van der Waals surface area (Å²) < 4.78 is 5.22. The van der Waals surface area contributed by atoms with Crippen molar-refractivity contribution in [3.63, 3.8) is 0 Å². The van der Waals surface area contributed by atoms with Gasteiger partial charge in [-0.1, -0.05) is 17.3 Å². The minimum absolute atomic E-state index is 0.227. The summed E-state index contributed by atoms with van der Waals surface area (Å²) in [6.45, 7) is 0. The molecule has 0 fully saturated rings. The molecule has 0 saturated carbocycles. The van der Waals surface area contributed by atoms with Crippen molar-refractivity contribution in [1.82, 2.24) is 15.1 Å². The van der Waals surface area contributed by atoms with Gasteiger partial charge in [-0.15, -0.1) is 0 Å². The summed E-state index contributed by atoms with van der Waals surface area (Å²) in [4.78, 5) is 8.26. The average molecular weight is 282 g/mol. The van der Waals surface area contributed by atoms with Gasteiger partial charge in [0.05, 0.1) is 6.04 Å². The average Bonchev–Trinajstić information content (AvgIpc) is 3.00. The van der Waals surface area contributed by atoms with Crippen molar-refractivity contribution in [3.8, 4) is 17.1 Å². The van der Waals surface area contributed by atoms with Crippen LogP contribution in [0, 0.1) is 0 Å². The van der Waals surface area contributed by atoms with Crippen LogP contribution >= 0.6 is 0 Å². The van der Waals surface area contributed by atoms with E-state index in [1.807, 2.05) is 12.1 Å². The van der Waals surface area contributed by atoms with Crippen LogP contribution in [0.25, 0.3) is 11.4 Å². The summed E-state index contributed by atoms with van der Waals surface area (Å²) in [5.74, 6) is 1.11. The first-order valence-electron chi connectivity index (χ1n) is 6.50. The molecule has 0 aliphatic carbocycles. The maximum Gasteiger partial charge on any atom is 0.244 e. The van der Waals surface area contributed by atoms with Gasteiger partial charge in [-0.2, -0.15) is 4.98 Å². The number of pyridine rings is 1. The largest absolute Gasteiger partial charge is 0.508 e. The lowest BCUT2D eigenvalue weighted by molar-refractivity contribution is 0.354. The van der Waals surface area contributed by atoms with E-state index >= 15 is 0 Å². The van der Waals surface area contributed by atoms with Crippen LogP contribution in [0.4, 0.5) is 0 Å². The Morgan fingerprint density at radius 1 is 1.10 bits per heavy atom. The molecule has 2 aromatic heterocycles. The molecule has 0 saturated heterocycles. The zero-order chi connectivity index (χ0) is 14.7. The number of aromatic hydroxyl groups is 1. The molecule has 0 spiro atoms. The first-order chi connectivity index (χ1) is 10.2. The Morgan fingerprint density at radius 3 is 2.52 bits per heavy atom. The molecule has 3 N–H and O–H groups in total. The normalized spacial score (nSPS) is 12.2. The van der Waals surface area contributed by atoms with Gasteiger partial charge in [0.1, 0.15) is 5.75 Å². The van der Waals surface area contributed by atoms with E-state index in [0.29, 0.717) is 18.1 Å². The Morgan fingerprint density at radius 2 is 1.81 bits per heavy atom. The van der Waals surface area contributed by atoms with Gasteiger partial charge in [-0.3, -0.25) is 4.98 Å². The number of benzene rings is 1. The van der Waals surface area contributed by atoms with E-state index in [2.05, 4.69) is 15.1 Å². The van der Waals surface area contributed by atoms with Crippen molar-refractivity contribution in [2.75, 3.05) is 0 Å². The van der Waals surface area contributed by atoms with Crippen LogP contribution in [0.2, 0.25) is 0 Å². The van der Waals surface area contributed by atoms with Gasteiger partial charge in [-0.05, 0) is 36.2 Å². The van der Waals surface area contributed by atoms with E-state index in [0.717, 1.165) is 11.1 Å². The summed E-state index contributed by atoms with van der Waals surface area (Å²) in [5, 5.41) is 13.2. The Hall–Kier alpha value is -2.73. The van der Waals surface area contributed by atoms with E-state index in [9.17, 15) is 5.11 Å². The molecule has 0 aliphatic rings. The first-order valence-corrected chi connectivity index (χ1v) is 6.50. The summed E-state index contributed by atoms with van der Waals surface area (Å²) in [6, 6.07) is 10.1.